The van der Waals surface area contributed by atoms with Crippen molar-refractivity contribution >= 4 is 29.3 Å². The maximum Gasteiger partial charge on any atom is 0.434 e. The highest BCUT2D eigenvalue weighted by atomic mass is 19.4. The maximum absolute atomic E-state index is 14.0. The number of ether oxygens (including phenoxy) is 2. The molecule has 8 nitrogen and oxygen atoms in total. The Hall–Kier alpha value is -4.54. The molecule has 2 aromatic carbocycles. The third-order valence-corrected chi connectivity index (χ3v) is 5.92. The van der Waals surface area contributed by atoms with Gasteiger partial charge in [0.25, 0.3) is 0 Å². The zero-order chi connectivity index (χ0) is 25.6. The van der Waals surface area contributed by atoms with Crippen LogP contribution >= 0.6 is 0 Å². The van der Waals surface area contributed by atoms with Crippen LogP contribution in [0.4, 0.5) is 13.2 Å². The second-order valence-electron chi connectivity index (χ2n) is 7.96. The molecule has 0 saturated heterocycles. The van der Waals surface area contributed by atoms with Gasteiger partial charge < -0.3 is 9.47 Å². The van der Waals surface area contributed by atoms with Crippen molar-refractivity contribution in [2.45, 2.75) is 12.7 Å². The minimum absolute atomic E-state index is 0.0558. The van der Waals surface area contributed by atoms with Crippen molar-refractivity contribution in [3.63, 3.8) is 0 Å². The third kappa shape index (κ3) is 3.69. The minimum Gasteiger partial charge on any atom is -0.497 e. The summed E-state index contributed by atoms with van der Waals surface area (Å²) in [5.74, 6) is -0.478. The molecule has 0 aliphatic carbocycles. The summed E-state index contributed by atoms with van der Waals surface area (Å²) in [7, 11) is 2.56. The Bertz CT molecular complexity index is 1610. The van der Waals surface area contributed by atoms with Gasteiger partial charge in [0.15, 0.2) is 5.69 Å². The first kappa shape index (κ1) is 23.2. The molecular formula is C25H19F3N4O4. The van der Waals surface area contributed by atoms with Crippen LogP contribution in [0, 0.1) is 0 Å². The van der Waals surface area contributed by atoms with Gasteiger partial charge in [-0.1, -0.05) is 24.3 Å². The Labute approximate surface area is 202 Å². The normalized spacial score (nSPS) is 12.7. The summed E-state index contributed by atoms with van der Waals surface area (Å²) in [4.78, 5) is 25.4. The first-order valence-corrected chi connectivity index (χ1v) is 10.7. The van der Waals surface area contributed by atoms with E-state index in [0.717, 1.165) is 18.9 Å². The van der Waals surface area contributed by atoms with Crippen molar-refractivity contribution in [3.8, 4) is 11.4 Å². The summed E-state index contributed by atoms with van der Waals surface area (Å²) in [6, 6.07) is 10.2. The summed E-state index contributed by atoms with van der Waals surface area (Å²) in [5, 5.41) is 3.87. The summed E-state index contributed by atoms with van der Waals surface area (Å²) < 4.78 is 55.4. The second kappa shape index (κ2) is 8.59. The van der Waals surface area contributed by atoms with Crippen molar-refractivity contribution in [2.24, 2.45) is 0 Å². The van der Waals surface area contributed by atoms with Crippen molar-refractivity contribution < 1.29 is 27.4 Å². The highest BCUT2D eigenvalue weighted by Gasteiger charge is 2.41. The molecule has 0 N–H and O–H groups in total. The van der Waals surface area contributed by atoms with Crippen LogP contribution in [0.2, 0.25) is 0 Å². The quantitative estimate of drug-likeness (QED) is 0.384. The predicted molar refractivity (Wildman–Crippen MR) is 126 cm³/mol. The number of methoxy groups -OCH3 is 2. The largest absolute Gasteiger partial charge is 0.497 e. The number of alkyl halides is 3. The molecule has 0 amide bonds. The summed E-state index contributed by atoms with van der Waals surface area (Å²) in [6.07, 6.45) is 2.33. The number of imidazole rings is 1. The summed E-state index contributed by atoms with van der Waals surface area (Å²) in [6.45, 7) is 0.241. The van der Waals surface area contributed by atoms with E-state index in [4.69, 9.17) is 4.74 Å². The second-order valence-corrected chi connectivity index (χ2v) is 7.96. The van der Waals surface area contributed by atoms with Crippen LogP contribution in [0.3, 0.4) is 0 Å². The molecule has 11 heteroatoms. The first-order valence-electron chi connectivity index (χ1n) is 10.7. The van der Waals surface area contributed by atoms with E-state index < -0.39 is 23.4 Å². The van der Waals surface area contributed by atoms with Crippen LogP contribution in [0.15, 0.2) is 59.5 Å². The van der Waals surface area contributed by atoms with E-state index in [1.165, 1.54) is 10.6 Å². The van der Waals surface area contributed by atoms with Crippen molar-refractivity contribution in [1.82, 2.24) is 18.9 Å². The monoisotopic (exact) mass is 496 g/mol. The minimum atomic E-state index is -4.89. The number of hydrogen-bond acceptors (Lipinski definition) is 5. The van der Waals surface area contributed by atoms with Gasteiger partial charge in [0, 0.05) is 11.8 Å². The molecule has 0 saturated carbocycles. The average molecular weight is 496 g/mol. The number of hydrogen-bond donors (Lipinski definition) is 0. The Balaban J connectivity index is 1.73. The molecule has 0 atom stereocenters. The molecular weight excluding hydrogens is 477 g/mol. The number of halogens is 3. The number of benzene rings is 2. The zero-order valence-electron chi connectivity index (χ0n) is 19.1. The van der Waals surface area contributed by atoms with Gasteiger partial charge >= 0.3 is 17.8 Å². The van der Waals surface area contributed by atoms with E-state index in [2.05, 4.69) is 9.84 Å². The Morgan fingerprint density at radius 2 is 1.81 bits per heavy atom. The van der Waals surface area contributed by atoms with E-state index in [1.807, 2.05) is 12.1 Å². The number of nitrogens with zero attached hydrogens (tertiary/aromatic N) is 4. The fourth-order valence-corrected chi connectivity index (χ4v) is 4.29. The highest BCUT2D eigenvalue weighted by Crippen LogP contribution is 2.36. The standard InChI is InChI=1S/C25H19F3N4O4/c1-35-16-8-6-15(7-9-16)14-31-20-11-10-19(17-5-3-4-12-30(21(17)20)24(31)34)32-22(25(26,27)28)18(13-29-32)23(33)36-2/h3-13H,14H2,1-2H3. The molecule has 0 bridgehead atoms. The molecule has 3 heterocycles. The Morgan fingerprint density at radius 1 is 1.06 bits per heavy atom. The number of carbonyl (C=O) groups excluding carboxylic acids is 1. The van der Waals surface area contributed by atoms with Gasteiger partial charge in [0.05, 0.1) is 43.7 Å². The lowest BCUT2D eigenvalue weighted by Crippen LogP contribution is -2.22. The van der Waals surface area contributed by atoms with Crippen LogP contribution in [0.5, 0.6) is 5.75 Å². The van der Waals surface area contributed by atoms with E-state index in [-0.39, 0.29) is 17.9 Å². The molecule has 184 valence electrons. The van der Waals surface area contributed by atoms with E-state index in [0.29, 0.717) is 27.0 Å². The first-order chi connectivity index (χ1) is 17.2. The van der Waals surface area contributed by atoms with Gasteiger partial charge in [0.1, 0.15) is 11.3 Å². The lowest BCUT2D eigenvalue weighted by molar-refractivity contribution is -0.143. The smallest absolute Gasteiger partial charge is 0.434 e. The predicted octanol–water partition coefficient (Wildman–Crippen LogP) is 4.35. The SMILES string of the molecule is COC(=O)c1cnn(-c2ccc3c4c2C=CC=Cn4c(=O)n3Cc2ccc(OC)cc2)c1C(F)(F)F. The van der Waals surface area contributed by atoms with Crippen molar-refractivity contribution in [2.75, 3.05) is 14.2 Å². The lowest BCUT2D eigenvalue weighted by Gasteiger charge is -2.15. The molecule has 0 fully saturated rings. The fourth-order valence-electron chi connectivity index (χ4n) is 4.29. The summed E-state index contributed by atoms with van der Waals surface area (Å²) in [5.41, 5.74) is -0.142. The van der Waals surface area contributed by atoms with Crippen LogP contribution in [-0.2, 0) is 17.5 Å². The third-order valence-electron chi connectivity index (χ3n) is 5.92. The molecule has 5 rings (SSSR count). The topological polar surface area (TPSA) is 80.3 Å². The number of esters is 1. The Morgan fingerprint density at radius 3 is 2.47 bits per heavy atom. The van der Waals surface area contributed by atoms with Crippen molar-refractivity contribution in [1.29, 1.82) is 0 Å². The van der Waals surface area contributed by atoms with Gasteiger partial charge in [-0.05, 0) is 35.9 Å². The zero-order valence-corrected chi connectivity index (χ0v) is 19.1. The van der Waals surface area contributed by atoms with E-state index in [9.17, 15) is 22.8 Å². The molecule has 0 unspecified atom stereocenters. The highest BCUT2D eigenvalue weighted by molar-refractivity contribution is 5.94. The molecule has 4 aromatic rings. The van der Waals surface area contributed by atoms with Gasteiger partial charge in [-0.15, -0.1) is 0 Å². The van der Waals surface area contributed by atoms with Crippen LogP contribution < -0.4 is 10.4 Å². The van der Waals surface area contributed by atoms with Crippen LogP contribution in [0.1, 0.15) is 27.2 Å². The van der Waals surface area contributed by atoms with Gasteiger partial charge in [-0.2, -0.15) is 18.3 Å². The van der Waals surface area contributed by atoms with Crippen LogP contribution in [-0.4, -0.2) is 39.1 Å². The van der Waals surface area contributed by atoms with Gasteiger partial charge in [-0.3, -0.25) is 9.13 Å². The molecule has 0 radical (unpaired) electrons. The van der Waals surface area contributed by atoms with Crippen LogP contribution in [0.25, 0.3) is 29.0 Å². The number of rotatable bonds is 5. The van der Waals surface area contributed by atoms with Gasteiger partial charge in [0.2, 0.25) is 0 Å². The molecule has 1 aliphatic heterocycles. The Kier molecular flexibility index (Phi) is 5.54. The molecule has 2 aromatic heterocycles. The fraction of sp³-hybridized carbons (Fsp3) is 0.160. The van der Waals surface area contributed by atoms with Crippen molar-refractivity contribution in [3.05, 3.63) is 87.6 Å². The molecule has 36 heavy (non-hydrogen) atoms. The molecule has 0 spiro atoms. The number of carbonyl (C=O) groups is 1. The summed E-state index contributed by atoms with van der Waals surface area (Å²) >= 11 is 0. The average Bonchev–Trinajstić information content (AvgIpc) is 3.33. The van der Waals surface area contributed by atoms with E-state index >= 15 is 0 Å². The number of allylic oxidation sites excluding steroid dienone is 2. The number of aromatic nitrogens is 4. The van der Waals surface area contributed by atoms with Gasteiger partial charge in [-0.25, -0.2) is 14.3 Å². The van der Waals surface area contributed by atoms with E-state index in [1.54, 1.807) is 54.3 Å². The maximum atomic E-state index is 14.0. The molecule has 1 aliphatic rings. The lowest BCUT2D eigenvalue weighted by atomic mass is 10.1.